The molecule has 5 heteroatoms. The molecule has 20 heavy (non-hydrogen) atoms. The van der Waals surface area contributed by atoms with Gasteiger partial charge >= 0.3 is 0 Å². The lowest BCUT2D eigenvalue weighted by atomic mass is 10.0. The molecule has 0 saturated carbocycles. The summed E-state index contributed by atoms with van der Waals surface area (Å²) in [6.45, 7) is 4.82. The molecule has 0 aliphatic carbocycles. The molecule has 3 rings (SSSR count). The number of ether oxygens (including phenoxy) is 1. The van der Waals surface area contributed by atoms with Crippen LogP contribution in [0.3, 0.4) is 0 Å². The van der Waals surface area contributed by atoms with E-state index in [0.29, 0.717) is 11.8 Å². The molecule has 2 heterocycles. The highest BCUT2D eigenvalue weighted by Gasteiger charge is 2.14. The third kappa shape index (κ3) is 2.99. The van der Waals surface area contributed by atoms with E-state index in [1.807, 2.05) is 6.07 Å². The maximum Gasteiger partial charge on any atom is 0.247 e. The maximum absolute atomic E-state index is 5.50. The summed E-state index contributed by atoms with van der Waals surface area (Å²) in [4.78, 5) is 0. The minimum Gasteiger partial charge on any atom is -0.423 e. The number of rotatable bonds is 4. The fraction of sp³-hybridized carbons (Fsp3) is 0.467. The number of aryl methyl sites for hydroxylation is 1. The van der Waals surface area contributed by atoms with Crippen molar-refractivity contribution >= 4 is 5.69 Å². The van der Waals surface area contributed by atoms with Crippen molar-refractivity contribution in [3.63, 3.8) is 0 Å². The van der Waals surface area contributed by atoms with Crippen LogP contribution in [0, 0.1) is 12.8 Å². The Hall–Kier alpha value is -1.88. The summed E-state index contributed by atoms with van der Waals surface area (Å²) in [5.41, 5.74) is 3.28. The van der Waals surface area contributed by atoms with Crippen molar-refractivity contribution in [1.29, 1.82) is 0 Å². The number of hydrogen-bond acceptors (Lipinski definition) is 5. The molecule has 1 unspecified atom stereocenters. The first-order chi connectivity index (χ1) is 9.83. The molecule has 5 nitrogen and oxygen atoms in total. The quantitative estimate of drug-likeness (QED) is 0.928. The molecule has 1 aromatic carbocycles. The standard InChI is InChI=1S/C15H19N3O2/c1-11-7-13(15-18-17-10-20-15)4-5-14(11)16-8-12-3-2-6-19-9-12/h4-5,7,10,12,16H,2-3,6,8-9H2,1H3. The van der Waals surface area contributed by atoms with Gasteiger partial charge in [-0.1, -0.05) is 0 Å². The fourth-order valence-corrected chi connectivity index (χ4v) is 2.52. The van der Waals surface area contributed by atoms with Gasteiger partial charge in [0.15, 0.2) is 0 Å². The van der Waals surface area contributed by atoms with Crippen LogP contribution in [0.4, 0.5) is 5.69 Å². The van der Waals surface area contributed by atoms with Crippen molar-refractivity contribution < 1.29 is 9.15 Å². The first-order valence-corrected chi connectivity index (χ1v) is 7.02. The van der Waals surface area contributed by atoms with Crippen molar-refractivity contribution in [3.05, 3.63) is 30.2 Å². The van der Waals surface area contributed by atoms with Crippen LogP contribution in [0.25, 0.3) is 11.5 Å². The lowest BCUT2D eigenvalue weighted by Gasteiger charge is -2.23. The highest BCUT2D eigenvalue weighted by molar-refractivity contribution is 5.62. The molecule has 0 bridgehead atoms. The molecule has 1 saturated heterocycles. The van der Waals surface area contributed by atoms with E-state index in [4.69, 9.17) is 9.15 Å². The van der Waals surface area contributed by atoms with Gasteiger partial charge in [0.25, 0.3) is 0 Å². The molecule has 1 atom stereocenters. The lowest BCUT2D eigenvalue weighted by molar-refractivity contribution is 0.0595. The van der Waals surface area contributed by atoms with Crippen LogP contribution in [-0.4, -0.2) is 30.0 Å². The molecule has 0 radical (unpaired) electrons. The van der Waals surface area contributed by atoms with E-state index in [2.05, 4.69) is 34.6 Å². The van der Waals surface area contributed by atoms with Crippen molar-refractivity contribution in [2.45, 2.75) is 19.8 Å². The zero-order valence-electron chi connectivity index (χ0n) is 11.6. The van der Waals surface area contributed by atoms with E-state index >= 15 is 0 Å². The van der Waals surface area contributed by atoms with Crippen LogP contribution < -0.4 is 5.32 Å². The van der Waals surface area contributed by atoms with Gasteiger partial charge in [0.1, 0.15) is 0 Å². The molecule has 1 aliphatic heterocycles. The van der Waals surface area contributed by atoms with Crippen molar-refractivity contribution in [3.8, 4) is 11.5 Å². The highest BCUT2D eigenvalue weighted by Crippen LogP contribution is 2.24. The Morgan fingerprint density at radius 3 is 3.05 bits per heavy atom. The number of nitrogens with zero attached hydrogens (tertiary/aromatic N) is 2. The van der Waals surface area contributed by atoms with Gasteiger partial charge in [-0.25, -0.2) is 0 Å². The summed E-state index contributed by atoms with van der Waals surface area (Å²) >= 11 is 0. The molecule has 106 valence electrons. The molecular formula is C15H19N3O2. The fourth-order valence-electron chi connectivity index (χ4n) is 2.52. The molecular weight excluding hydrogens is 254 g/mol. The van der Waals surface area contributed by atoms with Crippen LogP contribution >= 0.6 is 0 Å². The number of hydrogen-bond donors (Lipinski definition) is 1. The van der Waals surface area contributed by atoms with E-state index in [-0.39, 0.29) is 0 Å². The van der Waals surface area contributed by atoms with Gasteiger partial charge in [0, 0.05) is 24.4 Å². The molecule has 1 aliphatic rings. The summed E-state index contributed by atoms with van der Waals surface area (Å²) in [5, 5.41) is 11.1. The van der Waals surface area contributed by atoms with E-state index < -0.39 is 0 Å². The van der Waals surface area contributed by atoms with Crippen LogP contribution in [0.15, 0.2) is 29.0 Å². The van der Waals surface area contributed by atoms with Crippen LogP contribution in [0.2, 0.25) is 0 Å². The first kappa shape index (κ1) is 13.1. The summed E-state index contributed by atoms with van der Waals surface area (Å²) in [6.07, 6.45) is 3.76. The summed E-state index contributed by atoms with van der Waals surface area (Å²) in [7, 11) is 0. The molecule has 1 fully saturated rings. The molecule has 2 aromatic rings. The van der Waals surface area contributed by atoms with Crippen molar-refractivity contribution in [2.75, 3.05) is 25.1 Å². The van der Waals surface area contributed by atoms with Gasteiger partial charge in [0.05, 0.1) is 6.61 Å². The van der Waals surface area contributed by atoms with E-state index in [9.17, 15) is 0 Å². The second kappa shape index (κ2) is 6.05. The normalized spacial score (nSPS) is 18.9. The van der Waals surface area contributed by atoms with Crippen LogP contribution in [0.1, 0.15) is 18.4 Å². The Balaban J connectivity index is 1.65. The Bertz CT molecular complexity index is 548. The number of aromatic nitrogens is 2. The van der Waals surface area contributed by atoms with Gasteiger partial charge in [-0.2, -0.15) is 0 Å². The highest BCUT2D eigenvalue weighted by atomic mass is 16.5. The van der Waals surface area contributed by atoms with Crippen LogP contribution in [-0.2, 0) is 4.74 Å². The van der Waals surface area contributed by atoms with Gasteiger partial charge < -0.3 is 14.5 Å². The van der Waals surface area contributed by atoms with E-state index in [0.717, 1.165) is 31.0 Å². The largest absolute Gasteiger partial charge is 0.423 e. The van der Waals surface area contributed by atoms with Crippen LogP contribution in [0.5, 0.6) is 0 Å². The van der Waals surface area contributed by atoms with Crippen molar-refractivity contribution in [1.82, 2.24) is 10.2 Å². The minimum atomic E-state index is 0.556. The van der Waals surface area contributed by atoms with Crippen molar-refractivity contribution in [2.24, 2.45) is 5.92 Å². The third-order valence-corrected chi connectivity index (χ3v) is 3.67. The predicted molar refractivity (Wildman–Crippen MR) is 76.5 cm³/mol. The SMILES string of the molecule is Cc1cc(-c2nnco2)ccc1NCC1CCCOC1. The topological polar surface area (TPSA) is 60.2 Å². The summed E-state index contributed by atoms with van der Waals surface area (Å²) < 4.78 is 10.7. The second-order valence-corrected chi connectivity index (χ2v) is 5.24. The van der Waals surface area contributed by atoms with Gasteiger partial charge in [-0.3, -0.25) is 0 Å². The van der Waals surface area contributed by atoms with Gasteiger partial charge in [0.2, 0.25) is 12.3 Å². The molecule has 0 spiro atoms. The Labute approximate surface area is 118 Å². The summed E-state index contributed by atoms with van der Waals surface area (Å²) in [5.74, 6) is 1.17. The molecule has 0 amide bonds. The first-order valence-electron chi connectivity index (χ1n) is 7.02. The van der Waals surface area contributed by atoms with Gasteiger partial charge in [-0.05, 0) is 49.4 Å². The zero-order chi connectivity index (χ0) is 13.8. The zero-order valence-corrected chi connectivity index (χ0v) is 11.6. The third-order valence-electron chi connectivity index (χ3n) is 3.67. The monoisotopic (exact) mass is 273 g/mol. The smallest absolute Gasteiger partial charge is 0.247 e. The van der Waals surface area contributed by atoms with E-state index in [1.165, 1.54) is 24.8 Å². The predicted octanol–water partition coefficient (Wildman–Crippen LogP) is 2.88. The second-order valence-electron chi connectivity index (χ2n) is 5.24. The summed E-state index contributed by atoms with van der Waals surface area (Å²) in [6, 6.07) is 6.13. The Kier molecular flexibility index (Phi) is 3.97. The maximum atomic E-state index is 5.50. The average molecular weight is 273 g/mol. The number of benzene rings is 1. The lowest BCUT2D eigenvalue weighted by Crippen LogP contribution is -2.24. The minimum absolute atomic E-state index is 0.556. The molecule has 1 aromatic heterocycles. The molecule has 1 N–H and O–H groups in total. The Morgan fingerprint density at radius 2 is 2.35 bits per heavy atom. The average Bonchev–Trinajstić information content (AvgIpc) is 3.01. The number of anilines is 1. The van der Waals surface area contributed by atoms with E-state index in [1.54, 1.807) is 0 Å². The van der Waals surface area contributed by atoms with Gasteiger partial charge in [-0.15, -0.1) is 10.2 Å². The number of nitrogens with one attached hydrogen (secondary N) is 1. The Morgan fingerprint density at radius 1 is 1.40 bits per heavy atom.